The van der Waals surface area contributed by atoms with Gasteiger partial charge in [0.05, 0.1) is 6.61 Å². The summed E-state index contributed by atoms with van der Waals surface area (Å²) in [5.74, 6) is 2.23. The second kappa shape index (κ2) is 6.73. The first-order chi connectivity index (χ1) is 9.21. The molecule has 1 N–H and O–H groups in total. The second-order valence-corrected chi connectivity index (χ2v) is 5.39. The number of hydrogen-bond donors (Lipinski definition) is 1. The zero-order valence-corrected chi connectivity index (χ0v) is 12.3. The highest BCUT2D eigenvalue weighted by Gasteiger charge is 2.21. The van der Waals surface area contributed by atoms with Crippen molar-refractivity contribution in [1.82, 2.24) is 9.97 Å². The number of hydrogen-bond acceptors (Lipinski definition) is 4. The summed E-state index contributed by atoms with van der Waals surface area (Å²) in [4.78, 5) is 8.88. The normalized spacial score (nSPS) is 23.1. The van der Waals surface area contributed by atoms with Crippen LogP contribution in [0, 0.1) is 12.8 Å². The number of rotatable bonds is 5. The van der Waals surface area contributed by atoms with Gasteiger partial charge in [0.25, 0.3) is 0 Å². The second-order valence-electron chi connectivity index (χ2n) is 5.39. The van der Waals surface area contributed by atoms with Gasteiger partial charge in [0.15, 0.2) is 0 Å². The van der Waals surface area contributed by atoms with E-state index in [2.05, 4.69) is 22.2 Å². The van der Waals surface area contributed by atoms with Gasteiger partial charge in [-0.1, -0.05) is 26.2 Å². The van der Waals surface area contributed by atoms with Gasteiger partial charge in [-0.2, -0.15) is 4.98 Å². The van der Waals surface area contributed by atoms with Crippen molar-refractivity contribution in [3.05, 3.63) is 11.8 Å². The Morgan fingerprint density at radius 1 is 1.32 bits per heavy atom. The molecule has 106 valence electrons. The molecule has 0 spiro atoms. The predicted octanol–water partition coefficient (Wildman–Crippen LogP) is 3.56. The highest BCUT2D eigenvalue weighted by molar-refractivity contribution is 5.31. The van der Waals surface area contributed by atoms with Crippen molar-refractivity contribution in [3.8, 4) is 5.88 Å². The Hall–Kier alpha value is -1.32. The van der Waals surface area contributed by atoms with E-state index in [0.717, 1.165) is 11.6 Å². The van der Waals surface area contributed by atoms with E-state index in [1.54, 1.807) is 0 Å². The Kier molecular flexibility index (Phi) is 5.00. The summed E-state index contributed by atoms with van der Waals surface area (Å²) < 4.78 is 5.47. The van der Waals surface area contributed by atoms with Gasteiger partial charge < -0.3 is 10.1 Å². The van der Waals surface area contributed by atoms with Crippen LogP contribution in [0.4, 0.5) is 5.95 Å². The van der Waals surface area contributed by atoms with E-state index in [0.29, 0.717) is 24.5 Å². The van der Waals surface area contributed by atoms with Crippen molar-refractivity contribution in [1.29, 1.82) is 0 Å². The highest BCUT2D eigenvalue weighted by atomic mass is 16.5. The number of nitrogens with one attached hydrogen (secondary N) is 1. The van der Waals surface area contributed by atoms with Gasteiger partial charge in [-0.05, 0) is 32.6 Å². The fourth-order valence-electron chi connectivity index (χ4n) is 2.80. The quantitative estimate of drug-likeness (QED) is 0.882. The fourth-order valence-corrected chi connectivity index (χ4v) is 2.80. The molecule has 4 heteroatoms. The predicted molar refractivity (Wildman–Crippen MR) is 77.6 cm³/mol. The molecule has 1 aromatic rings. The smallest absolute Gasteiger partial charge is 0.226 e. The van der Waals surface area contributed by atoms with Gasteiger partial charge >= 0.3 is 0 Å². The van der Waals surface area contributed by atoms with Crippen molar-refractivity contribution in [3.63, 3.8) is 0 Å². The Labute approximate surface area is 116 Å². The standard InChI is InChI=1S/C15H25N3O/c1-4-12-7-6-8-13(10-12)17-15-16-11(3)9-14(18-15)19-5-2/h9,12-13H,4-8,10H2,1-3H3,(H,16,17,18). The summed E-state index contributed by atoms with van der Waals surface area (Å²) in [5, 5.41) is 3.48. The molecule has 0 aromatic carbocycles. The van der Waals surface area contributed by atoms with Crippen LogP contribution in [-0.2, 0) is 0 Å². The van der Waals surface area contributed by atoms with Gasteiger partial charge in [-0.25, -0.2) is 4.98 Å². The third-order valence-corrected chi connectivity index (χ3v) is 3.82. The van der Waals surface area contributed by atoms with Crippen LogP contribution >= 0.6 is 0 Å². The first-order valence-electron chi connectivity index (χ1n) is 7.46. The van der Waals surface area contributed by atoms with Gasteiger partial charge in [-0.15, -0.1) is 0 Å². The summed E-state index contributed by atoms with van der Waals surface area (Å²) in [6.45, 7) is 6.86. The van der Waals surface area contributed by atoms with E-state index in [1.807, 2.05) is 19.9 Å². The largest absolute Gasteiger partial charge is 0.478 e. The monoisotopic (exact) mass is 263 g/mol. The molecule has 2 unspecified atom stereocenters. The molecular formula is C15H25N3O. The van der Waals surface area contributed by atoms with E-state index in [-0.39, 0.29) is 0 Å². The summed E-state index contributed by atoms with van der Waals surface area (Å²) in [7, 11) is 0. The van der Waals surface area contributed by atoms with Crippen LogP contribution in [0.3, 0.4) is 0 Å². The van der Waals surface area contributed by atoms with Gasteiger partial charge in [0.1, 0.15) is 0 Å². The molecule has 4 nitrogen and oxygen atoms in total. The molecule has 19 heavy (non-hydrogen) atoms. The molecule has 1 fully saturated rings. The van der Waals surface area contributed by atoms with Crippen LogP contribution in [0.15, 0.2) is 6.07 Å². The lowest BCUT2D eigenvalue weighted by molar-refractivity contribution is 0.321. The van der Waals surface area contributed by atoms with E-state index in [9.17, 15) is 0 Å². The minimum absolute atomic E-state index is 0.509. The summed E-state index contributed by atoms with van der Waals surface area (Å²) in [6, 6.07) is 2.39. The zero-order chi connectivity index (χ0) is 13.7. The van der Waals surface area contributed by atoms with Crippen molar-refractivity contribution < 1.29 is 4.74 Å². The average Bonchev–Trinajstić information content (AvgIpc) is 2.38. The molecule has 1 saturated carbocycles. The maximum Gasteiger partial charge on any atom is 0.226 e. The maximum atomic E-state index is 5.47. The molecule has 0 radical (unpaired) electrons. The molecular weight excluding hydrogens is 238 g/mol. The zero-order valence-electron chi connectivity index (χ0n) is 12.3. The first kappa shape index (κ1) is 14.1. The molecule has 1 aliphatic rings. The van der Waals surface area contributed by atoms with Crippen LogP contribution in [0.5, 0.6) is 5.88 Å². The average molecular weight is 263 g/mol. The Bertz CT molecular complexity index is 408. The minimum atomic E-state index is 0.509. The van der Waals surface area contributed by atoms with Crippen LogP contribution in [-0.4, -0.2) is 22.6 Å². The molecule has 0 saturated heterocycles. The lowest BCUT2D eigenvalue weighted by Gasteiger charge is -2.29. The molecule has 0 aliphatic heterocycles. The third-order valence-electron chi connectivity index (χ3n) is 3.82. The molecule has 1 aromatic heterocycles. The Morgan fingerprint density at radius 3 is 2.89 bits per heavy atom. The Morgan fingerprint density at radius 2 is 2.16 bits per heavy atom. The minimum Gasteiger partial charge on any atom is -0.478 e. The van der Waals surface area contributed by atoms with Gasteiger partial charge in [0, 0.05) is 17.8 Å². The van der Waals surface area contributed by atoms with E-state index in [4.69, 9.17) is 4.74 Å². The number of ether oxygens (including phenoxy) is 1. The number of aromatic nitrogens is 2. The first-order valence-corrected chi connectivity index (χ1v) is 7.46. The van der Waals surface area contributed by atoms with E-state index >= 15 is 0 Å². The van der Waals surface area contributed by atoms with Gasteiger partial charge in [-0.3, -0.25) is 0 Å². The van der Waals surface area contributed by atoms with Crippen molar-refractivity contribution >= 4 is 5.95 Å². The molecule has 1 heterocycles. The SMILES string of the molecule is CCOc1cc(C)nc(NC2CCCC(CC)C2)n1. The molecule has 0 bridgehead atoms. The van der Waals surface area contributed by atoms with Crippen molar-refractivity contribution in [2.75, 3.05) is 11.9 Å². The number of aryl methyl sites for hydroxylation is 1. The number of nitrogens with zero attached hydrogens (tertiary/aromatic N) is 2. The van der Waals surface area contributed by atoms with Crippen molar-refractivity contribution in [2.24, 2.45) is 5.92 Å². The summed E-state index contributed by atoms with van der Waals surface area (Å²) >= 11 is 0. The van der Waals surface area contributed by atoms with Gasteiger partial charge in [0.2, 0.25) is 11.8 Å². The van der Waals surface area contributed by atoms with E-state index in [1.165, 1.54) is 32.1 Å². The van der Waals surface area contributed by atoms with E-state index < -0.39 is 0 Å². The van der Waals surface area contributed by atoms with Crippen LogP contribution in [0.25, 0.3) is 0 Å². The molecule has 2 rings (SSSR count). The van der Waals surface area contributed by atoms with Crippen LogP contribution in [0.2, 0.25) is 0 Å². The fraction of sp³-hybridized carbons (Fsp3) is 0.733. The molecule has 1 aliphatic carbocycles. The number of anilines is 1. The Balaban J connectivity index is 2.01. The molecule has 0 amide bonds. The third kappa shape index (κ3) is 4.08. The van der Waals surface area contributed by atoms with Crippen LogP contribution < -0.4 is 10.1 Å². The topological polar surface area (TPSA) is 47.0 Å². The lowest BCUT2D eigenvalue weighted by atomic mass is 9.84. The summed E-state index contributed by atoms with van der Waals surface area (Å²) in [5.41, 5.74) is 0.948. The summed E-state index contributed by atoms with van der Waals surface area (Å²) in [6.07, 6.45) is 6.40. The van der Waals surface area contributed by atoms with Crippen molar-refractivity contribution in [2.45, 2.75) is 58.9 Å². The highest BCUT2D eigenvalue weighted by Crippen LogP contribution is 2.28. The maximum absolute atomic E-state index is 5.47. The molecule has 2 atom stereocenters. The van der Waals surface area contributed by atoms with Crippen LogP contribution in [0.1, 0.15) is 51.6 Å². The lowest BCUT2D eigenvalue weighted by Crippen LogP contribution is -2.28.